The van der Waals surface area contributed by atoms with E-state index in [1.165, 1.54) is 11.3 Å². The van der Waals surface area contributed by atoms with E-state index in [0.29, 0.717) is 21.9 Å². The van der Waals surface area contributed by atoms with Gasteiger partial charge in [-0.2, -0.15) is 0 Å². The SMILES string of the molecule is Cc1ccc(C(=O)NC2CC2)cc1NC(=O)c1ccc(-c2cccc(OC[C@@H](O)CO)c2)s1. The molecule has 3 aromatic rings. The van der Waals surface area contributed by atoms with Gasteiger partial charge in [-0.1, -0.05) is 18.2 Å². The summed E-state index contributed by atoms with van der Waals surface area (Å²) in [7, 11) is 0. The van der Waals surface area contributed by atoms with Crippen LogP contribution in [0.3, 0.4) is 0 Å². The molecule has 4 N–H and O–H groups in total. The normalized spacial score (nSPS) is 13.9. The molecule has 1 atom stereocenters. The van der Waals surface area contributed by atoms with Crippen LogP contribution in [0.1, 0.15) is 38.4 Å². The number of benzene rings is 2. The molecule has 8 heteroatoms. The predicted octanol–water partition coefficient (Wildman–Crippen LogP) is 3.60. The number of carbonyl (C=O) groups is 2. The van der Waals surface area contributed by atoms with Gasteiger partial charge in [-0.25, -0.2) is 0 Å². The van der Waals surface area contributed by atoms with Crippen LogP contribution in [0.4, 0.5) is 5.69 Å². The number of carbonyl (C=O) groups excluding carboxylic acids is 2. The van der Waals surface area contributed by atoms with Crippen molar-refractivity contribution in [3.8, 4) is 16.2 Å². The quantitative estimate of drug-likeness (QED) is 0.385. The van der Waals surface area contributed by atoms with E-state index in [0.717, 1.165) is 28.8 Å². The van der Waals surface area contributed by atoms with Gasteiger partial charge in [0.1, 0.15) is 18.5 Å². The fourth-order valence-corrected chi connectivity index (χ4v) is 4.08. The summed E-state index contributed by atoms with van der Waals surface area (Å²) in [5.74, 6) is 0.198. The van der Waals surface area contributed by atoms with Crippen LogP contribution >= 0.6 is 11.3 Å². The molecule has 0 bridgehead atoms. The van der Waals surface area contributed by atoms with Gasteiger partial charge in [0.25, 0.3) is 11.8 Å². The van der Waals surface area contributed by atoms with E-state index in [9.17, 15) is 14.7 Å². The molecule has 2 amide bonds. The van der Waals surface area contributed by atoms with E-state index in [1.54, 1.807) is 24.3 Å². The fraction of sp³-hybridized carbons (Fsp3) is 0.280. The minimum atomic E-state index is -0.938. The van der Waals surface area contributed by atoms with Crippen molar-refractivity contribution in [3.05, 3.63) is 70.6 Å². The summed E-state index contributed by atoms with van der Waals surface area (Å²) in [6.45, 7) is 1.52. The van der Waals surface area contributed by atoms with Crippen molar-refractivity contribution >= 4 is 28.8 Å². The zero-order valence-electron chi connectivity index (χ0n) is 18.2. The number of amides is 2. The second-order valence-electron chi connectivity index (χ2n) is 8.07. The van der Waals surface area contributed by atoms with Crippen molar-refractivity contribution < 1.29 is 24.5 Å². The molecule has 0 saturated heterocycles. The van der Waals surface area contributed by atoms with Crippen LogP contribution in [0.15, 0.2) is 54.6 Å². The van der Waals surface area contributed by atoms with Crippen molar-refractivity contribution in [2.45, 2.75) is 31.9 Å². The van der Waals surface area contributed by atoms with E-state index < -0.39 is 6.10 Å². The highest BCUT2D eigenvalue weighted by Crippen LogP contribution is 2.31. The highest BCUT2D eigenvalue weighted by atomic mass is 32.1. The predicted molar refractivity (Wildman–Crippen MR) is 128 cm³/mol. The largest absolute Gasteiger partial charge is 0.491 e. The maximum atomic E-state index is 12.9. The molecule has 0 unspecified atom stereocenters. The number of nitrogens with one attached hydrogen (secondary N) is 2. The third-order valence-electron chi connectivity index (χ3n) is 5.26. The van der Waals surface area contributed by atoms with Crippen LogP contribution in [-0.4, -0.2) is 47.4 Å². The summed E-state index contributed by atoms with van der Waals surface area (Å²) in [5, 5.41) is 24.3. The molecule has 1 aliphatic rings. The number of hydrogen-bond donors (Lipinski definition) is 4. The van der Waals surface area contributed by atoms with Gasteiger partial charge in [0.2, 0.25) is 0 Å². The lowest BCUT2D eigenvalue weighted by molar-refractivity contribution is 0.0536. The zero-order chi connectivity index (χ0) is 23.4. The number of aryl methyl sites for hydroxylation is 1. The van der Waals surface area contributed by atoms with Crippen LogP contribution in [0, 0.1) is 6.92 Å². The van der Waals surface area contributed by atoms with Crippen molar-refractivity contribution in [3.63, 3.8) is 0 Å². The Hall–Kier alpha value is -3.20. The summed E-state index contributed by atoms with van der Waals surface area (Å²) in [5.41, 5.74) is 2.89. The first-order valence-corrected chi connectivity index (χ1v) is 11.6. The smallest absolute Gasteiger partial charge is 0.265 e. The Morgan fingerprint density at radius 2 is 1.94 bits per heavy atom. The topological polar surface area (TPSA) is 108 Å². The molecular weight excluding hydrogens is 440 g/mol. The van der Waals surface area contributed by atoms with Crippen molar-refractivity contribution in [2.75, 3.05) is 18.5 Å². The van der Waals surface area contributed by atoms with E-state index >= 15 is 0 Å². The lowest BCUT2D eigenvalue weighted by Crippen LogP contribution is -2.25. The molecule has 0 radical (unpaired) electrons. The van der Waals surface area contributed by atoms with Crippen molar-refractivity contribution in [1.29, 1.82) is 0 Å². The van der Waals surface area contributed by atoms with E-state index in [-0.39, 0.29) is 31.1 Å². The van der Waals surface area contributed by atoms with Crippen LogP contribution in [-0.2, 0) is 0 Å². The van der Waals surface area contributed by atoms with Gasteiger partial charge in [-0.15, -0.1) is 11.3 Å². The zero-order valence-corrected chi connectivity index (χ0v) is 19.0. The number of hydrogen-bond acceptors (Lipinski definition) is 6. The second-order valence-corrected chi connectivity index (χ2v) is 9.15. The summed E-state index contributed by atoms with van der Waals surface area (Å²) in [6.07, 6.45) is 1.09. The Kier molecular flexibility index (Phi) is 7.08. The maximum Gasteiger partial charge on any atom is 0.265 e. The van der Waals surface area contributed by atoms with E-state index in [4.69, 9.17) is 9.84 Å². The molecule has 1 heterocycles. The number of rotatable bonds is 9. The number of aliphatic hydroxyl groups is 2. The maximum absolute atomic E-state index is 12.9. The van der Waals surface area contributed by atoms with Gasteiger partial charge >= 0.3 is 0 Å². The molecule has 0 aliphatic heterocycles. The van der Waals surface area contributed by atoms with Crippen molar-refractivity contribution in [1.82, 2.24) is 5.32 Å². The van der Waals surface area contributed by atoms with E-state index in [1.807, 2.05) is 37.3 Å². The molecular formula is C25H26N2O5S. The third kappa shape index (κ3) is 5.98. The number of aliphatic hydroxyl groups excluding tert-OH is 2. The average molecular weight is 467 g/mol. The van der Waals surface area contributed by atoms with Crippen LogP contribution < -0.4 is 15.4 Å². The fourth-order valence-electron chi connectivity index (χ4n) is 3.18. The molecule has 1 fully saturated rings. The highest BCUT2D eigenvalue weighted by molar-refractivity contribution is 7.17. The molecule has 4 rings (SSSR count). The molecule has 7 nitrogen and oxygen atoms in total. The van der Waals surface area contributed by atoms with Crippen LogP contribution in [0.5, 0.6) is 5.75 Å². The molecule has 172 valence electrons. The lowest BCUT2D eigenvalue weighted by atomic mass is 10.1. The summed E-state index contributed by atoms with van der Waals surface area (Å²) < 4.78 is 5.51. The van der Waals surface area contributed by atoms with Gasteiger partial charge < -0.3 is 25.6 Å². The second kappa shape index (κ2) is 10.2. The van der Waals surface area contributed by atoms with Crippen LogP contribution in [0.2, 0.25) is 0 Å². The number of ether oxygens (including phenoxy) is 1. The average Bonchev–Trinajstić information content (AvgIpc) is 3.49. The molecule has 1 aromatic heterocycles. The van der Waals surface area contributed by atoms with Gasteiger partial charge in [-0.05, 0) is 67.3 Å². The Bertz CT molecular complexity index is 1160. The van der Waals surface area contributed by atoms with Gasteiger partial charge in [-0.3, -0.25) is 9.59 Å². The Labute approximate surface area is 196 Å². The minimum absolute atomic E-state index is 0.00482. The first-order valence-electron chi connectivity index (χ1n) is 10.8. The number of thiophene rings is 1. The molecule has 0 spiro atoms. The Morgan fingerprint density at radius 1 is 1.12 bits per heavy atom. The summed E-state index contributed by atoms with van der Waals surface area (Å²) in [6, 6.07) is 16.5. The summed E-state index contributed by atoms with van der Waals surface area (Å²) in [4.78, 5) is 26.7. The standard InChI is InChI=1S/C25H26N2O5S/c1-15-5-6-17(24(30)26-18-7-8-18)12-21(15)27-25(31)23-10-9-22(33-23)16-3-2-4-20(11-16)32-14-19(29)13-28/h2-6,9-12,18-19,28-29H,7-8,13-14H2,1H3,(H,26,30)(H,27,31)/t19-/m0/s1. The van der Waals surface area contributed by atoms with Gasteiger partial charge in [0.05, 0.1) is 11.5 Å². The lowest BCUT2D eigenvalue weighted by Gasteiger charge is -2.11. The molecule has 1 aliphatic carbocycles. The summed E-state index contributed by atoms with van der Waals surface area (Å²) >= 11 is 1.35. The monoisotopic (exact) mass is 466 g/mol. The number of anilines is 1. The molecule has 1 saturated carbocycles. The highest BCUT2D eigenvalue weighted by Gasteiger charge is 2.24. The van der Waals surface area contributed by atoms with Crippen LogP contribution in [0.25, 0.3) is 10.4 Å². The molecule has 2 aromatic carbocycles. The van der Waals surface area contributed by atoms with Gasteiger partial charge in [0, 0.05) is 22.2 Å². The van der Waals surface area contributed by atoms with Crippen molar-refractivity contribution in [2.24, 2.45) is 0 Å². The minimum Gasteiger partial charge on any atom is -0.491 e. The first-order chi connectivity index (χ1) is 15.9. The van der Waals surface area contributed by atoms with E-state index in [2.05, 4.69) is 10.6 Å². The Balaban J connectivity index is 1.45. The van der Waals surface area contributed by atoms with Gasteiger partial charge in [0.15, 0.2) is 0 Å². The first kappa shape index (κ1) is 23.0. The third-order valence-corrected chi connectivity index (χ3v) is 6.40. The Morgan fingerprint density at radius 3 is 2.70 bits per heavy atom. The molecule has 33 heavy (non-hydrogen) atoms.